The first-order valence-corrected chi connectivity index (χ1v) is 9.21. The van der Waals surface area contributed by atoms with Crippen LogP contribution in [0, 0.1) is 13.8 Å². The molecule has 0 atom stereocenters. The van der Waals surface area contributed by atoms with Crippen LogP contribution in [0.2, 0.25) is 0 Å². The Kier molecular flexibility index (Phi) is 6.02. The van der Waals surface area contributed by atoms with E-state index in [9.17, 15) is 8.42 Å². The van der Waals surface area contributed by atoms with Crippen molar-refractivity contribution in [3.05, 3.63) is 23.3 Å². The first kappa shape index (κ1) is 18.2. The second-order valence-corrected chi connectivity index (χ2v) is 7.73. The second-order valence-electron chi connectivity index (χ2n) is 5.83. The molecule has 0 aliphatic carbocycles. The predicted octanol–water partition coefficient (Wildman–Crippen LogP) is 1.26. The number of rotatable bonds is 6. The summed E-state index contributed by atoms with van der Waals surface area (Å²) in [4.78, 5) is 2.47. The van der Waals surface area contributed by atoms with Crippen LogP contribution >= 0.6 is 0 Å². The van der Waals surface area contributed by atoms with Gasteiger partial charge in [0.15, 0.2) is 0 Å². The minimum absolute atomic E-state index is 0.258. The predicted molar refractivity (Wildman–Crippen MR) is 89.5 cm³/mol. The summed E-state index contributed by atoms with van der Waals surface area (Å²) in [6, 6.07) is 3.50. The minimum Gasteiger partial charge on any atom is -0.495 e. The van der Waals surface area contributed by atoms with Gasteiger partial charge in [0.25, 0.3) is 0 Å². The van der Waals surface area contributed by atoms with Gasteiger partial charge in [-0.05, 0) is 37.1 Å². The molecule has 23 heavy (non-hydrogen) atoms. The Morgan fingerprint density at radius 2 is 1.65 bits per heavy atom. The van der Waals surface area contributed by atoms with E-state index >= 15 is 0 Å². The summed E-state index contributed by atoms with van der Waals surface area (Å²) in [6.07, 6.45) is 0. The normalized spacial score (nSPS) is 17.4. The van der Waals surface area contributed by atoms with Gasteiger partial charge in [-0.25, -0.2) is 8.42 Å². The summed E-state index contributed by atoms with van der Waals surface area (Å²) in [5.41, 5.74) is 1.97. The van der Waals surface area contributed by atoms with E-state index in [4.69, 9.17) is 9.47 Å². The maximum absolute atomic E-state index is 13.0. The number of ether oxygens (including phenoxy) is 2. The molecular weight excluding hydrogens is 316 g/mol. The van der Waals surface area contributed by atoms with Crippen LogP contribution in [0.5, 0.6) is 5.75 Å². The average Bonchev–Trinajstić information content (AvgIpc) is 2.55. The number of aryl methyl sites for hydroxylation is 2. The summed E-state index contributed by atoms with van der Waals surface area (Å²) in [5.74, 6) is 0.412. The molecule has 0 radical (unpaired) electrons. The quantitative estimate of drug-likeness (QED) is 0.779. The second kappa shape index (κ2) is 7.61. The van der Waals surface area contributed by atoms with E-state index in [1.165, 1.54) is 7.11 Å². The number of hydrogen-bond donors (Lipinski definition) is 0. The Hall–Kier alpha value is -1.15. The molecule has 6 nitrogen and oxygen atoms in total. The average molecular weight is 342 g/mol. The molecule has 0 bridgehead atoms. The van der Waals surface area contributed by atoms with Crippen LogP contribution in [-0.2, 0) is 14.8 Å². The molecule has 1 aliphatic rings. The van der Waals surface area contributed by atoms with Crippen molar-refractivity contribution in [1.82, 2.24) is 9.21 Å². The maximum Gasteiger partial charge on any atom is 0.246 e. The summed E-state index contributed by atoms with van der Waals surface area (Å²) in [5, 5.41) is 0. The number of sulfonamides is 1. The van der Waals surface area contributed by atoms with Crippen molar-refractivity contribution < 1.29 is 17.9 Å². The van der Waals surface area contributed by atoms with Crippen molar-refractivity contribution in [2.24, 2.45) is 0 Å². The molecule has 1 aliphatic heterocycles. The van der Waals surface area contributed by atoms with Gasteiger partial charge in [0.1, 0.15) is 10.6 Å². The number of piperazine rings is 1. The molecule has 7 heteroatoms. The van der Waals surface area contributed by atoms with Crippen LogP contribution in [0.4, 0.5) is 0 Å². The zero-order chi connectivity index (χ0) is 17.0. The van der Waals surface area contributed by atoms with Gasteiger partial charge < -0.3 is 9.47 Å². The monoisotopic (exact) mass is 342 g/mol. The SMILES string of the molecule is COCCN1CCN(S(=O)(=O)c2cc(C)c(C)cc2OC)CC1. The summed E-state index contributed by atoms with van der Waals surface area (Å²) >= 11 is 0. The molecule has 0 aromatic heterocycles. The van der Waals surface area contributed by atoms with Gasteiger partial charge >= 0.3 is 0 Å². The molecule has 1 aromatic rings. The van der Waals surface area contributed by atoms with Crippen LogP contribution in [0.1, 0.15) is 11.1 Å². The molecule has 130 valence electrons. The smallest absolute Gasteiger partial charge is 0.246 e. The van der Waals surface area contributed by atoms with E-state index in [1.807, 2.05) is 13.8 Å². The minimum atomic E-state index is -3.54. The molecule has 0 N–H and O–H groups in total. The molecule has 1 saturated heterocycles. The largest absolute Gasteiger partial charge is 0.495 e. The highest BCUT2D eigenvalue weighted by Crippen LogP contribution is 2.30. The summed E-state index contributed by atoms with van der Waals surface area (Å²) < 4.78 is 37.8. The highest BCUT2D eigenvalue weighted by atomic mass is 32.2. The molecular formula is C16H26N2O4S. The van der Waals surface area contributed by atoms with Crippen LogP contribution in [0.3, 0.4) is 0 Å². The van der Waals surface area contributed by atoms with Crippen molar-refractivity contribution in [3.63, 3.8) is 0 Å². The van der Waals surface area contributed by atoms with Gasteiger partial charge in [-0.3, -0.25) is 4.90 Å². The van der Waals surface area contributed by atoms with Gasteiger partial charge in [0.05, 0.1) is 13.7 Å². The van der Waals surface area contributed by atoms with Crippen molar-refractivity contribution in [2.45, 2.75) is 18.7 Å². The van der Waals surface area contributed by atoms with E-state index in [0.29, 0.717) is 25.4 Å². The lowest BCUT2D eigenvalue weighted by Gasteiger charge is -2.34. The van der Waals surface area contributed by atoms with Gasteiger partial charge in [-0.1, -0.05) is 0 Å². The Balaban J connectivity index is 2.18. The Labute approximate surface area is 139 Å². The molecule has 0 saturated carbocycles. The molecule has 1 fully saturated rings. The van der Waals surface area contributed by atoms with Crippen LogP contribution < -0.4 is 4.74 Å². The van der Waals surface area contributed by atoms with Crippen molar-refractivity contribution in [3.8, 4) is 5.75 Å². The number of methoxy groups -OCH3 is 2. The van der Waals surface area contributed by atoms with Crippen LogP contribution in [-0.4, -0.2) is 71.2 Å². The van der Waals surface area contributed by atoms with E-state index in [2.05, 4.69) is 4.90 Å². The fraction of sp³-hybridized carbons (Fsp3) is 0.625. The van der Waals surface area contributed by atoms with Crippen molar-refractivity contribution >= 4 is 10.0 Å². The van der Waals surface area contributed by atoms with Gasteiger partial charge in [-0.15, -0.1) is 0 Å². The number of benzene rings is 1. The number of hydrogen-bond acceptors (Lipinski definition) is 5. The molecule has 1 heterocycles. The van der Waals surface area contributed by atoms with E-state index in [-0.39, 0.29) is 4.90 Å². The van der Waals surface area contributed by atoms with E-state index in [1.54, 1.807) is 23.5 Å². The fourth-order valence-electron chi connectivity index (χ4n) is 2.68. The van der Waals surface area contributed by atoms with Crippen LogP contribution in [0.15, 0.2) is 17.0 Å². The number of nitrogens with zero attached hydrogens (tertiary/aromatic N) is 2. The zero-order valence-electron chi connectivity index (χ0n) is 14.3. The van der Waals surface area contributed by atoms with E-state index in [0.717, 1.165) is 30.8 Å². The summed E-state index contributed by atoms with van der Waals surface area (Å²) in [7, 11) is -0.358. The van der Waals surface area contributed by atoms with Crippen molar-refractivity contribution in [1.29, 1.82) is 0 Å². The fourth-order valence-corrected chi connectivity index (χ4v) is 4.32. The Morgan fingerprint density at radius 1 is 1.04 bits per heavy atom. The standard InChI is InChI=1S/C16H26N2O4S/c1-13-11-15(22-4)16(12-14(13)2)23(19,20)18-7-5-17(6-8-18)9-10-21-3/h11-12H,5-10H2,1-4H3. The molecule has 2 rings (SSSR count). The Morgan fingerprint density at radius 3 is 2.22 bits per heavy atom. The summed E-state index contributed by atoms with van der Waals surface area (Å²) in [6.45, 7) is 7.77. The Bertz CT molecular complexity index is 638. The van der Waals surface area contributed by atoms with E-state index < -0.39 is 10.0 Å². The first-order chi connectivity index (χ1) is 10.9. The molecule has 1 aromatic carbocycles. The lowest BCUT2D eigenvalue weighted by molar-refractivity contribution is 0.123. The zero-order valence-corrected chi connectivity index (χ0v) is 15.1. The van der Waals surface area contributed by atoms with Gasteiger partial charge in [0.2, 0.25) is 10.0 Å². The third-order valence-corrected chi connectivity index (χ3v) is 6.26. The maximum atomic E-state index is 13.0. The third-order valence-electron chi connectivity index (χ3n) is 4.34. The lowest BCUT2D eigenvalue weighted by Crippen LogP contribution is -2.49. The highest BCUT2D eigenvalue weighted by molar-refractivity contribution is 7.89. The third kappa shape index (κ3) is 4.03. The lowest BCUT2D eigenvalue weighted by atomic mass is 10.1. The highest BCUT2D eigenvalue weighted by Gasteiger charge is 2.31. The topological polar surface area (TPSA) is 59.1 Å². The van der Waals surface area contributed by atoms with Gasteiger partial charge in [-0.2, -0.15) is 4.31 Å². The molecule has 0 unspecified atom stereocenters. The molecule has 0 spiro atoms. The van der Waals surface area contributed by atoms with Crippen LogP contribution in [0.25, 0.3) is 0 Å². The molecule has 0 amide bonds. The van der Waals surface area contributed by atoms with Gasteiger partial charge in [0, 0.05) is 39.8 Å². The first-order valence-electron chi connectivity index (χ1n) is 7.77. The van der Waals surface area contributed by atoms with Crippen molar-refractivity contribution in [2.75, 3.05) is 53.6 Å².